The second kappa shape index (κ2) is 5.35. The smallest absolute Gasteiger partial charge is 0.318 e. The van der Waals surface area contributed by atoms with Crippen LogP contribution in [-0.2, 0) is 0 Å². The molecule has 1 aliphatic heterocycles. The molecule has 0 aliphatic carbocycles. The average Bonchev–Trinajstić information content (AvgIpc) is 2.72. The fraction of sp³-hybridized carbons (Fsp3) is 0.462. The van der Waals surface area contributed by atoms with Crippen LogP contribution in [-0.4, -0.2) is 30.6 Å². The molecule has 1 aromatic rings. The first-order chi connectivity index (χ1) is 8.61. The van der Waals surface area contributed by atoms with E-state index in [0.29, 0.717) is 25.2 Å². The molecular formula is C13H18FN3O. The van der Waals surface area contributed by atoms with E-state index in [-0.39, 0.29) is 17.9 Å². The fourth-order valence-corrected chi connectivity index (χ4v) is 2.14. The minimum atomic E-state index is -0.219. The molecule has 0 radical (unpaired) electrons. The number of aryl methyl sites for hydroxylation is 1. The highest BCUT2D eigenvalue weighted by Crippen LogP contribution is 2.22. The topological polar surface area (TPSA) is 58.4 Å². The van der Waals surface area contributed by atoms with E-state index in [1.54, 1.807) is 24.0 Å². The van der Waals surface area contributed by atoms with Crippen LogP contribution in [0.3, 0.4) is 0 Å². The summed E-state index contributed by atoms with van der Waals surface area (Å²) in [7, 11) is 0. The lowest BCUT2D eigenvalue weighted by molar-refractivity contribution is 0.217. The van der Waals surface area contributed by atoms with Gasteiger partial charge in [-0.05, 0) is 37.1 Å². The molecule has 0 saturated carbocycles. The van der Waals surface area contributed by atoms with Crippen molar-refractivity contribution in [1.82, 2.24) is 10.2 Å². The maximum absolute atomic E-state index is 13.2. The van der Waals surface area contributed by atoms with Crippen molar-refractivity contribution < 1.29 is 9.18 Å². The van der Waals surface area contributed by atoms with Gasteiger partial charge in [-0.2, -0.15) is 0 Å². The zero-order valence-corrected chi connectivity index (χ0v) is 10.4. The Morgan fingerprint density at radius 1 is 1.56 bits per heavy atom. The molecule has 1 aromatic carbocycles. The molecule has 18 heavy (non-hydrogen) atoms. The molecule has 98 valence electrons. The van der Waals surface area contributed by atoms with Crippen LogP contribution in [0.15, 0.2) is 18.2 Å². The van der Waals surface area contributed by atoms with Gasteiger partial charge in [0.05, 0.1) is 6.04 Å². The van der Waals surface area contributed by atoms with E-state index >= 15 is 0 Å². The van der Waals surface area contributed by atoms with Crippen molar-refractivity contribution in [3.63, 3.8) is 0 Å². The zero-order valence-electron chi connectivity index (χ0n) is 10.4. The van der Waals surface area contributed by atoms with Crippen molar-refractivity contribution >= 4 is 6.03 Å². The number of hydrogen-bond donors (Lipinski definition) is 2. The second-order valence-corrected chi connectivity index (χ2v) is 4.60. The van der Waals surface area contributed by atoms with Gasteiger partial charge in [0.15, 0.2) is 0 Å². The van der Waals surface area contributed by atoms with Gasteiger partial charge >= 0.3 is 6.03 Å². The Kier molecular flexibility index (Phi) is 3.81. The molecule has 1 atom stereocenters. The lowest BCUT2D eigenvalue weighted by Gasteiger charge is -2.14. The highest BCUT2D eigenvalue weighted by molar-refractivity contribution is 5.77. The molecule has 2 amide bonds. The van der Waals surface area contributed by atoms with E-state index in [1.807, 2.05) is 0 Å². The summed E-state index contributed by atoms with van der Waals surface area (Å²) in [6.07, 6.45) is 0.794. The molecule has 1 heterocycles. The van der Waals surface area contributed by atoms with Gasteiger partial charge in [-0.1, -0.05) is 12.1 Å². The monoisotopic (exact) mass is 251 g/mol. The van der Waals surface area contributed by atoms with Crippen molar-refractivity contribution in [2.75, 3.05) is 19.6 Å². The molecule has 0 bridgehead atoms. The van der Waals surface area contributed by atoms with Crippen molar-refractivity contribution in [3.05, 3.63) is 35.1 Å². The van der Waals surface area contributed by atoms with Crippen molar-refractivity contribution in [1.29, 1.82) is 0 Å². The number of nitrogens with zero attached hydrogens (tertiary/aromatic N) is 1. The Labute approximate surface area is 106 Å². The van der Waals surface area contributed by atoms with Crippen LogP contribution in [0.2, 0.25) is 0 Å². The number of carbonyl (C=O) groups excluding carboxylic acids is 1. The Morgan fingerprint density at radius 2 is 2.33 bits per heavy atom. The van der Waals surface area contributed by atoms with Gasteiger partial charge in [0, 0.05) is 13.1 Å². The summed E-state index contributed by atoms with van der Waals surface area (Å²) in [4.78, 5) is 13.5. The first kappa shape index (κ1) is 12.8. The highest BCUT2D eigenvalue weighted by atomic mass is 19.1. The van der Waals surface area contributed by atoms with Gasteiger partial charge in [0.25, 0.3) is 0 Å². The van der Waals surface area contributed by atoms with Crippen LogP contribution in [0, 0.1) is 12.7 Å². The van der Waals surface area contributed by atoms with Crippen LogP contribution >= 0.6 is 0 Å². The number of urea groups is 1. The normalized spacial score (nSPS) is 19.2. The predicted molar refractivity (Wildman–Crippen MR) is 67.7 cm³/mol. The van der Waals surface area contributed by atoms with Gasteiger partial charge in [-0.3, -0.25) is 0 Å². The average molecular weight is 251 g/mol. The third-order valence-corrected chi connectivity index (χ3v) is 3.20. The molecule has 3 N–H and O–H groups in total. The summed E-state index contributed by atoms with van der Waals surface area (Å²) in [6, 6.07) is 4.82. The maximum atomic E-state index is 13.2. The summed E-state index contributed by atoms with van der Waals surface area (Å²) in [6.45, 7) is 3.58. The third kappa shape index (κ3) is 2.61. The Hall–Kier alpha value is -1.62. The lowest BCUT2D eigenvalue weighted by Crippen LogP contribution is -2.30. The highest BCUT2D eigenvalue weighted by Gasteiger charge is 2.29. The van der Waals surface area contributed by atoms with E-state index < -0.39 is 0 Å². The van der Waals surface area contributed by atoms with E-state index in [4.69, 9.17) is 5.73 Å². The van der Waals surface area contributed by atoms with Crippen LogP contribution in [0.25, 0.3) is 0 Å². The van der Waals surface area contributed by atoms with Gasteiger partial charge in [-0.25, -0.2) is 9.18 Å². The molecule has 1 aliphatic rings. The molecule has 1 unspecified atom stereocenters. The quantitative estimate of drug-likeness (QED) is 0.853. The van der Waals surface area contributed by atoms with E-state index in [2.05, 4.69) is 5.32 Å². The largest absolute Gasteiger partial charge is 0.330 e. The summed E-state index contributed by atoms with van der Waals surface area (Å²) < 4.78 is 13.2. The molecule has 1 fully saturated rings. The van der Waals surface area contributed by atoms with E-state index in [9.17, 15) is 9.18 Å². The minimum Gasteiger partial charge on any atom is -0.330 e. The standard InChI is InChI=1S/C13H18FN3O/c1-9-7-10(3-4-11(9)14)12-8-17(6-2-5-15)13(18)16-12/h3-4,7,12H,2,5-6,8,15H2,1H3,(H,16,18). The fourth-order valence-electron chi connectivity index (χ4n) is 2.14. The second-order valence-electron chi connectivity index (χ2n) is 4.60. The van der Waals surface area contributed by atoms with Crippen molar-refractivity contribution in [2.45, 2.75) is 19.4 Å². The number of nitrogens with one attached hydrogen (secondary N) is 1. The number of amides is 2. The van der Waals surface area contributed by atoms with Crippen LogP contribution in [0.4, 0.5) is 9.18 Å². The Balaban J connectivity index is 2.07. The summed E-state index contributed by atoms with van der Waals surface area (Å²) >= 11 is 0. The van der Waals surface area contributed by atoms with Gasteiger partial charge in [0.2, 0.25) is 0 Å². The molecular weight excluding hydrogens is 233 g/mol. The maximum Gasteiger partial charge on any atom is 0.318 e. The Bertz CT molecular complexity index is 450. The van der Waals surface area contributed by atoms with Gasteiger partial charge in [-0.15, -0.1) is 0 Å². The van der Waals surface area contributed by atoms with E-state index in [1.165, 1.54) is 6.07 Å². The SMILES string of the molecule is Cc1cc(C2CN(CCCN)C(=O)N2)ccc1F. The summed E-state index contributed by atoms with van der Waals surface area (Å²) in [5.74, 6) is -0.219. The number of benzene rings is 1. The zero-order chi connectivity index (χ0) is 13.1. The third-order valence-electron chi connectivity index (χ3n) is 3.20. The van der Waals surface area contributed by atoms with Crippen LogP contribution in [0.1, 0.15) is 23.6 Å². The van der Waals surface area contributed by atoms with Crippen LogP contribution in [0.5, 0.6) is 0 Å². The Morgan fingerprint density at radius 3 is 3.00 bits per heavy atom. The molecule has 1 saturated heterocycles. The van der Waals surface area contributed by atoms with Crippen molar-refractivity contribution in [3.8, 4) is 0 Å². The number of halogens is 1. The lowest BCUT2D eigenvalue weighted by atomic mass is 10.0. The first-order valence-electron chi connectivity index (χ1n) is 6.13. The van der Waals surface area contributed by atoms with Crippen LogP contribution < -0.4 is 11.1 Å². The number of nitrogens with two attached hydrogens (primary N) is 1. The summed E-state index contributed by atoms with van der Waals surface area (Å²) in [5.41, 5.74) is 6.98. The molecule has 0 spiro atoms. The number of rotatable bonds is 4. The predicted octanol–water partition coefficient (Wildman–Crippen LogP) is 1.55. The van der Waals surface area contributed by atoms with Gasteiger partial charge < -0.3 is 16.0 Å². The van der Waals surface area contributed by atoms with E-state index in [0.717, 1.165) is 12.0 Å². The molecule has 0 aromatic heterocycles. The molecule has 5 heteroatoms. The number of hydrogen-bond acceptors (Lipinski definition) is 2. The summed E-state index contributed by atoms with van der Waals surface area (Å²) in [5, 5.41) is 2.90. The van der Waals surface area contributed by atoms with Crippen molar-refractivity contribution in [2.24, 2.45) is 5.73 Å². The molecule has 2 rings (SSSR count). The molecule has 4 nitrogen and oxygen atoms in total. The minimum absolute atomic E-state index is 0.0606. The first-order valence-corrected chi connectivity index (χ1v) is 6.13. The van der Waals surface area contributed by atoms with Gasteiger partial charge in [0.1, 0.15) is 5.82 Å². The number of carbonyl (C=O) groups is 1.